The third-order valence-electron chi connectivity index (χ3n) is 3.57. The van der Waals surface area contributed by atoms with Crippen molar-refractivity contribution in [2.45, 2.75) is 0 Å². The molecule has 1 aliphatic heterocycles. The molecule has 0 bridgehead atoms. The van der Waals surface area contributed by atoms with E-state index in [2.05, 4.69) is 0 Å². The molecule has 4 amide bonds. The minimum atomic E-state index is -0.964. The van der Waals surface area contributed by atoms with Crippen molar-refractivity contribution in [1.82, 2.24) is 5.32 Å². The Labute approximate surface area is 156 Å². The summed E-state index contributed by atoms with van der Waals surface area (Å²) in [5, 5.41) is 12.8. The summed E-state index contributed by atoms with van der Waals surface area (Å²) >= 11 is 6.02. The van der Waals surface area contributed by atoms with Gasteiger partial charge in [0.1, 0.15) is 22.0 Å². The van der Waals surface area contributed by atoms with Gasteiger partial charge in [-0.1, -0.05) is 11.6 Å². The topological polar surface area (TPSA) is 132 Å². The highest BCUT2D eigenvalue weighted by molar-refractivity contribution is 6.39. The molecule has 27 heavy (non-hydrogen) atoms. The van der Waals surface area contributed by atoms with Gasteiger partial charge in [0.15, 0.2) is 0 Å². The van der Waals surface area contributed by atoms with E-state index in [1.807, 2.05) is 5.32 Å². The molecule has 0 radical (unpaired) electrons. The first-order chi connectivity index (χ1) is 12.8. The molecule has 10 nitrogen and oxygen atoms in total. The summed E-state index contributed by atoms with van der Waals surface area (Å²) in [6.07, 6.45) is 1.01. The molecule has 2 aromatic rings. The molecular formula is C16H10ClN3O7. The molecule has 138 valence electrons. The van der Waals surface area contributed by atoms with E-state index in [0.29, 0.717) is 10.6 Å². The minimum absolute atomic E-state index is 0.0951. The summed E-state index contributed by atoms with van der Waals surface area (Å²) in [5.74, 6) is -2.22. The molecule has 1 fully saturated rings. The number of nitrogens with zero attached hydrogens (tertiary/aromatic N) is 2. The van der Waals surface area contributed by atoms with Gasteiger partial charge in [0, 0.05) is 0 Å². The Kier molecular flexibility index (Phi) is 4.65. The molecule has 0 aliphatic carbocycles. The first-order valence-corrected chi connectivity index (χ1v) is 7.69. The van der Waals surface area contributed by atoms with Gasteiger partial charge in [0.05, 0.1) is 23.9 Å². The third kappa shape index (κ3) is 3.37. The Morgan fingerprint density at radius 2 is 2.00 bits per heavy atom. The lowest BCUT2D eigenvalue weighted by Gasteiger charge is -2.26. The van der Waals surface area contributed by atoms with Crippen molar-refractivity contribution < 1.29 is 28.5 Å². The smallest absolute Gasteiger partial charge is 0.433 e. The Balaban J connectivity index is 1.99. The number of rotatable bonds is 4. The quantitative estimate of drug-likeness (QED) is 0.366. The second-order valence-corrected chi connectivity index (χ2v) is 5.62. The van der Waals surface area contributed by atoms with E-state index in [1.54, 1.807) is 0 Å². The van der Waals surface area contributed by atoms with Gasteiger partial charge in [-0.05, 0) is 30.3 Å². The molecule has 1 N–H and O–H groups in total. The number of halogens is 1. The Morgan fingerprint density at radius 1 is 1.26 bits per heavy atom. The zero-order valence-corrected chi connectivity index (χ0v) is 14.4. The van der Waals surface area contributed by atoms with E-state index < -0.39 is 34.2 Å². The summed E-state index contributed by atoms with van der Waals surface area (Å²) < 4.78 is 9.92. The number of hydrogen-bond acceptors (Lipinski definition) is 7. The van der Waals surface area contributed by atoms with Crippen molar-refractivity contribution >= 4 is 47.1 Å². The van der Waals surface area contributed by atoms with Gasteiger partial charge in [0.25, 0.3) is 11.8 Å². The summed E-state index contributed by atoms with van der Waals surface area (Å²) in [7, 11) is 1.40. The Morgan fingerprint density at radius 3 is 2.59 bits per heavy atom. The predicted molar refractivity (Wildman–Crippen MR) is 92.4 cm³/mol. The zero-order chi connectivity index (χ0) is 19.7. The maximum Gasteiger partial charge on any atom is 0.433 e. The number of amides is 4. The number of barbiturate groups is 1. The molecule has 1 aliphatic rings. The maximum absolute atomic E-state index is 12.7. The lowest BCUT2D eigenvalue weighted by molar-refractivity contribution is -0.402. The number of furan rings is 1. The second kappa shape index (κ2) is 6.92. The van der Waals surface area contributed by atoms with Crippen LogP contribution in [0.15, 0.2) is 40.3 Å². The summed E-state index contributed by atoms with van der Waals surface area (Å²) in [5.41, 5.74) is -0.335. The molecule has 11 heteroatoms. The van der Waals surface area contributed by atoms with Crippen LogP contribution >= 0.6 is 11.6 Å². The average molecular weight is 392 g/mol. The SMILES string of the molecule is COc1ccc(N2C(=O)NC(=O)C(=Cc3ccc([N+](=O)[O-])o3)C2=O)cc1Cl. The second-order valence-electron chi connectivity index (χ2n) is 5.21. The van der Waals surface area contributed by atoms with Gasteiger partial charge < -0.3 is 9.15 Å². The normalized spacial score (nSPS) is 15.9. The van der Waals surface area contributed by atoms with Crippen LogP contribution in [0.5, 0.6) is 5.75 Å². The van der Waals surface area contributed by atoms with Crippen LogP contribution in [-0.2, 0) is 9.59 Å². The van der Waals surface area contributed by atoms with Crippen LogP contribution in [0.2, 0.25) is 5.02 Å². The van der Waals surface area contributed by atoms with Crippen molar-refractivity contribution in [3.8, 4) is 5.75 Å². The van der Waals surface area contributed by atoms with E-state index in [9.17, 15) is 24.5 Å². The van der Waals surface area contributed by atoms with Crippen LogP contribution in [-0.4, -0.2) is 29.9 Å². The number of methoxy groups -OCH3 is 1. The molecule has 3 rings (SSSR count). The lowest BCUT2D eigenvalue weighted by atomic mass is 10.1. The molecule has 1 saturated heterocycles. The fourth-order valence-corrected chi connectivity index (χ4v) is 2.60. The van der Waals surface area contributed by atoms with Gasteiger partial charge in [-0.2, -0.15) is 0 Å². The average Bonchev–Trinajstić information content (AvgIpc) is 3.07. The van der Waals surface area contributed by atoms with Crippen LogP contribution in [0.1, 0.15) is 5.76 Å². The van der Waals surface area contributed by atoms with Crippen molar-refractivity contribution in [1.29, 1.82) is 0 Å². The van der Waals surface area contributed by atoms with Gasteiger partial charge >= 0.3 is 11.9 Å². The highest BCUT2D eigenvalue weighted by atomic mass is 35.5. The van der Waals surface area contributed by atoms with Gasteiger partial charge in [-0.15, -0.1) is 0 Å². The highest BCUT2D eigenvalue weighted by Crippen LogP contribution is 2.31. The number of nitrogens with one attached hydrogen (secondary N) is 1. The largest absolute Gasteiger partial charge is 0.495 e. The lowest BCUT2D eigenvalue weighted by Crippen LogP contribution is -2.54. The van der Waals surface area contributed by atoms with Crippen LogP contribution in [0.4, 0.5) is 16.4 Å². The molecule has 1 aromatic heterocycles. The van der Waals surface area contributed by atoms with E-state index in [-0.39, 0.29) is 16.5 Å². The predicted octanol–water partition coefficient (Wildman–Crippen LogP) is 2.52. The Hall–Kier alpha value is -3.66. The molecule has 1 aromatic carbocycles. The van der Waals surface area contributed by atoms with Crippen LogP contribution in [0.25, 0.3) is 6.08 Å². The number of nitro groups is 1. The minimum Gasteiger partial charge on any atom is -0.495 e. The molecule has 0 spiro atoms. The van der Waals surface area contributed by atoms with Crippen LogP contribution in [0.3, 0.4) is 0 Å². The van der Waals surface area contributed by atoms with Gasteiger partial charge in [-0.3, -0.25) is 25.0 Å². The molecule has 0 atom stereocenters. The van der Waals surface area contributed by atoms with Crippen molar-refractivity contribution in [2.24, 2.45) is 0 Å². The first kappa shape index (κ1) is 18.1. The van der Waals surface area contributed by atoms with Crippen molar-refractivity contribution in [3.05, 3.63) is 56.8 Å². The fraction of sp³-hybridized carbons (Fsp3) is 0.0625. The molecular weight excluding hydrogens is 382 g/mol. The van der Waals surface area contributed by atoms with Crippen molar-refractivity contribution in [2.75, 3.05) is 12.0 Å². The Bertz CT molecular complexity index is 1010. The van der Waals surface area contributed by atoms with Crippen molar-refractivity contribution in [3.63, 3.8) is 0 Å². The maximum atomic E-state index is 12.7. The number of carbonyl (C=O) groups is 3. The molecule has 0 saturated carbocycles. The highest BCUT2D eigenvalue weighted by Gasteiger charge is 2.37. The van der Waals surface area contributed by atoms with E-state index in [4.69, 9.17) is 20.8 Å². The zero-order valence-electron chi connectivity index (χ0n) is 13.6. The van der Waals surface area contributed by atoms with E-state index >= 15 is 0 Å². The fourth-order valence-electron chi connectivity index (χ4n) is 2.35. The monoisotopic (exact) mass is 391 g/mol. The summed E-state index contributed by atoms with van der Waals surface area (Å²) in [6.45, 7) is 0. The van der Waals surface area contributed by atoms with Gasteiger partial charge in [0.2, 0.25) is 0 Å². The number of imide groups is 2. The molecule has 0 unspecified atom stereocenters. The number of ether oxygens (including phenoxy) is 1. The summed E-state index contributed by atoms with van der Waals surface area (Å²) in [4.78, 5) is 47.5. The van der Waals surface area contributed by atoms with Crippen LogP contribution in [0, 0.1) is 10.1 Å². The number of benzene rings is 1. The van der Waals surface area contributed by atoms with Gasteiger partial charge in [-0.25, -0.2) is 9.69 Å². The third-order valence-corrected chi connectivity index (χ3v) is 3.87. The molecule has 2 heterocycles. The standard InChI is InChI=1S/C16H10ClN3O7/c1-26-12-4-2-8(6-11(12)17)19-15(22)10(14(21)18-16(19)23)7-9-3-5-13(27-9)20(24)25/h2-7H,1H3,(H,18,21,23). The van der Waals surface area contributed by atoms with E-state index in [1.165, 1.54) is 31.4 Å². The van der Waals surface area contributed by atoms with E-state index in [0.717, 1.165) is 12.1 Å². The number of hydrogen-bond donors (Lipinski definition) is 1. The number of anilines is 1. The van der Waals surface area contributed by atoms with Crippen LogP contribution < -0.4 is 15.0 Å². The number of urea groups is 1. The first-order valence-electron chi connectivity index (χ1n) is 7.31. The summed E-state index contributed by atoms with van der Waals surface area (Å²) in [6, 6.07) is 5.51. The number of carbonyl (C=O) groups excluding carboxylic acids is 3.